The van der Waals surface area contributed by atoms with E-state index in [9.17, 15) is 14.6 Å². The minimum Gasteiger partial charge on any atom is -0.390 e. The van der Waals surface area contributed by atoms with E-state index in [2.05, 4.69) is 15.0 Å². The van der Waals surface area contributed by atoms with E-state index < -0.39 is 23.4 Å². The van der Waals surface area contributed by atoms with Gasteiger partial charge < -0.3 is 20.5 Å². The number of aromatic nitrogens is 4. The molecule has 1 aliphatic rings. The maximum atomic E-state index is 14.7. The smallest absolute Gasteiger partial charge is 0.143 e. The maximum absolute atomic E-state index is 14.7. The molecule has 0 spiro atoms. The predicted molar refractivity (Wildman–Crippen MR) is 125 cm³/mol. The molecule has 33 heavy (non-hydrogen) atoms. The molecule has 1 saturated carbocycles. The highest BCUT2D eigenvalue weighted by Crippen LogP contribution is 2.48. The highest BCUT2D eigenvalue weighted by molar-refractivity contribution is 6.33. The fraction of sp³-hybridized carbons (Fsp3) is 0.375. The van der Waals surface area contributed by atoms with Crippen molar-refractivity contribution in [2.45, 2.75) is 51.4 Å². The van der Waals surface area contributed by atoms with Gasteiger partial charge in [-0.15, -0.1) is 0 Å². The monoisotopic (exact) mass is 469 g/mol. The Morgan fingerprint density at radius 1 is 1.24 bits per heavy atom. The molecule has 3 heterocycles. The summed E-state index contributed by atoms with van der Waals surface area (Å²) in [6, 6.07) is 6.35. The quantitative estimate of drug-likeness (QED) is 0.417. The van der Waals surface area contributed by atoms with Crippen LogP contribution >= 0.6 is 11.6 Å². The van der Waals surface area contributed by atoms with Gasteiger partial charge in [-0.25, -0.2) is 19.3 Å². The highest BCUT2D eigenvalue weighted by Gasteiger charge is 2.50. The summed E-state index contributed by atoms with van der Waals surface area (Å²) in [5, 5.41) is 23.3. The van der Waals surface area contributed by atoms with Crippen molar-refractivity contribution in [3.8, 4) is 0 Å². The van der Waals surface area contributed by atoms with Gasteiger partial charge in [0.2, 0.25) is 0 Å². The van der Waals surface area contributed by atoms with Crippen molar-refractivity contribution in [3.63, 3.8) is 0 Å². The van der Waals surface area contributed by atoms with E-state index in [0.29, 0.717) is 30.2 Å². The fourth-order valence-corrected chi connectivity index (χ4v) is 5.22. The summed E-state index contributed by atoms with van der Waals surface area (Å²) in [5.41, 5.74) is 8.01. The Morgan fingerprint density at radius 3 is 2.82 bits per heavy atom. The average molecular weight is 470 g/mol. The molecule has 1 aromatic carbocycles. The van der Waals surface area contributed by atoms with Gasteiger partial charge in [0.15, 0.2) is 0 Å². The molecule has 4 aromatic rings. The van der Waals surface area contributed by atoms with Crippen LogP contribution in [0.2, 0.25) is 5.02 Å². The summed E-state index contributed by atoms with van der Waals surface area (Å²) in [4.78, 5) is 12.8. The minimum absolute atomic E-state index is 0.155. The lowest BCUT2D eigenvalue weighted by atomic mass is 9.80. The van der Waals surface area contributed by atoms with Crippen molar-refractivity contribution >= 4 is 39.4 Å². The summed E-state index contributed by atoms with van der Waals surface area (Å²) >= 11 is 5.98. The predicted octanol–water partition coefficient (Wildman–Crippen LogP) is 3.97. The molecule has 0 amide bonds. The molecule has 3 aromatic heterocycles. The number of nitrogens with zero attached hydrogens (tertiary/aromatic N) is 4. The lowest BCUT2D eigenvalue weighted by Gasteiger charge is -2.28. The summed E-state index contributed by atoms with van der Waals surface area (Å²) in [5.74, 6) is -0.261. The maximum Gasteiger partial charge on any atom is 0.143 e. The lowest BCUT2D eigenvalue weighted by molar-refractivity contribution is -0.0241. The van der Waals surface area contributed by atoms with Crippen molar-refractivity contribution in [3.05, 3.63) is 58.9 Å². The van der Waals surface area contributed by atoms with Crippen LogP contribution in [0.15, 0.2) is 36.8 Å². The number of aliphatic hydroxyl groups excluding tert-OH is 2. The SMILES string of the molecule is Cc1ncnc2c1ccn2[C@@H]1C[C@](C)(CCc2cc(F)c3cc(Cl)c(N)nc3c2)[C@@H](O)[C@H]1O. The molecule has 1 fully saturated rings. The molecule has 4 atom stereocenters. The third-order valence-electron chi connectivity index (χ3n) is 7.08. The van der Waals surface area contributed by atoms with E-state index in [1.54, 1.807) is 6.07 Å². The van der Waals surface area contributed by atoms with E-state index in [1.807, 2.05) is 30.7 Å². The molecule has 0 aliphatic heterocycles. The van der Waals surface area contributed by atoms with E-state index in [1.165, 1.54) is 18.5 Å². The summed E-state index contributed by atoms with van der Waals surface area (Å²) in [7, 11) is 0. The number of hydrogen-bond acceptors (Lipinski definition) is 6. The van der Waals surface area contributed by atoms with Crippen LogP contribution in [0.5, 0.6) is 0 Å². The van der Waals surface area contributed by atoms with Crippen LogP contribution in [0.25, 0.3) is 21.9 Å². The molecule has 9 heteroatoms. The third kappa shape index (κ3) is 3.62. The molecule has 7 nitrogen and oxygen atoms in total. The number of nitrogen functional groups attached to an aromatic ring is 1. The van der Waals surface area contributed by atoms with Crippen LogP contribution in [0, 0.1) is 18.2 Å². The Balaban J connectivity index is 1.40. The van der Waals surface area contributed by atoms with Gasteiger partial charge in [0, 0.05) is 17.0 Å². The number of fused-ring (bicyclic) bond motifs is 2. The van der Waals surface area contributed by atoms with Crippen LogP contribution in [-0.4, -0.2) is 41.9 Å². The number of halogens is 2. The van der Waals surface area contributed by atoms with Crippen molar-refractivity contribution in [2.75, 3.05) is 5.73 Å². The molecule has 0 bridgehead atoms. The minimum atomic E-state index is -0.946. The summed E-state index contributed by atoms with van der Waals surface area (Å²) in [6.07, 6.45) is 3.14. The summed E-state index contributed by atoms with van der Waals surface area (Å²) < 4.78 is 16.6. The van der Waals surface area contributed by atoms with E-state index in [4.69, 9.17) is 17.3 Å². The Kier molecular flexibility index (Phi) is 5.27. The van der Waals surface area contributed by atoms with Gasteiger partial charge in [0.25, 0.3) is 0 Å². The molecule has 5 rings (SSSR count). The summed E-state index contributed by atoms with van der Waals surface area (Å²) in [6.45, 7) is 3.87. The van der Waals surface area contributed by atoms with Crippen LogP contribution < -0.4 is 5.73 Å². The molecule has 4 N–H and O–H groups in total. The van der Waals surface area contributed by atoms with Crippen LogP contribution in [0.3, 0.4) is 0 Å². The normalized spacial score (nSPS) is 25.3. The number of aliphatic hydroxyl groups is 2. The first-order valence-electron chi connectivity index (χ1n) is 10.9. The first-order valence-corrected chi connectivity index (χ1v) is 11.2. The molecule has 0 saturated heterocycles. The Morgan fingerprint density at radius 2 is 2.03 bits per heavy atom. The van der Waals surface area contributed by atoms with E-state index in [0.717, 1.165) is 22.3 Å². The fourth-order valence-electron chi connectivity index (χ4n) is 5.07. The first kappa shape index (κ1) is 22.0. The first-order chi connectivity index (χ1) is 15.7. The largest absolute Gasteiger partial charge is 0.390 e. The van der Waals surface area contributed by atoms with Gasteiger partial charge in [-0.2, -0.15) is 0 Å². The molecule has 1 aliphatic carbocycles. The number of aryl methyl sites for hydroxylation is 2. The lowest BCUT2D eigenvalue weighted by Crippen LogP contribution is -2.35. The second-order valence-electron chi connectivity index (χ2n) is 9.28. The van der Waals surface area contributed by atoms with Crippen molar-refractivity contribution in [2.24, 2.45) is 5.41 Å². The number of pyridine rings is 1. The zero-order valence-corrected chi connectivity index (χ0v) is 19.1. The van der Waals surface area contributed by atoms with E-state index >= 15 is 0 Å². The average Bonchev–Trinajstić information content (AvgIpc) is 3.30. The molecule has 0 unspecified atom stereocenters. The van der Waals surface area contributed by atoms with Crippen LogP contribution in [0.4, 0.5) is 10.2 Å². The van der Waals surface area contributed by atoms with Gasteiger partial charge in [-0.1, -0.05) is 18.5 Å². The number of rotatable bonds is 4. The Labute approximate surface area is 195 Å². The number of benzene rings is 1. The Bertz CT molecular complexity index is 1380. The number of nitrogens with two attached hydrogens (primary N) is 1. The molecular weight excluding hydrogens is 445 g/mol. The Hall–Kier alpha value is -2.81. The van der Waals surface area contributed by atoms with Gasteiger partial charge in [-0.05, 0) is 61.4 Å². The molecule has 172 valence electrons. The zero-order chi connectivity index (χ0) is 23.5. The topological polar surface area (TPSA) is 110 Å². The van der Waals surface area contributed by atoms with E-state index in [-0.39, 0.29) is 16.9 Å². The van der Waals surface area contributed by atoms with Gasteiger partial charge in [-0.3, -0.25) is 0 Å². The van der Waals surface area contributed by atoms with Gasteiger partial charge in [0.1, 0.15) is 29.7 Å². The molecule has 0 radical (unpaired) electrons. The van der Waals surface area contributed by atoms with Crippen LogP contribution in [-0.2, 0) is 6.42 Å². The van der Waals surface area contributed by atoms with Crippen LogP contribution in [0.1, 0.15) is 37.1 Å². The standard InChI is InChI=1S/C24H25ClFN5O2/c1-12-14-4-6-31(23(14)29-11-28-12)19-10-24(2,21(33)20(19)32)5-3-13-7-17(26)15-9-16(25)22(27)30-18(15)8-13/h4,6-9,11,19-21,32-33H,3,5,10H2,1-2H3,(H2,27,30)/t19-,20+,21+,24+/m1/s1. The second-order valence-corrected chi connectivity index (χ2v) is 9.69. The number of anilines is 1. The van der Waals surface area contributed by atoms with Crippen molar-refractivity contribution in [1.29, 1.82) is 0 Å². The zero-order valence-electron chi connectivity index (χ0n) is 18.3. The highest BCUT2D eigenvalue weighted by atomic mass is 35.5. The van der Waals surface area contributed by atoms with Gasteiger partial charge >= 0.3 is 0 Å². The molecular formula is C24H25ClFN5O2. The van der Waals surface area contributed by atoms with Crippen molar-refractivity contribution in [1.82, 2.24) is 19.5 Å². The van der Waals surface area contributed by atoms with Crippen molar-refractivity contribution < 1.29 is 14.6 Å². The van der Waals surface area contributed by atoms with Gasteiger partial charge in [0.05, 0.1) is 28.4 Å². The number of hydrogen-bond donors (Lipinski definition) is 3. The third-order valence-corrected chi connectivity index (χ3v) is 7.38. The second kappa shape index (κ2) is 7.90.